The van der Waals surface area contributed by atoms with E-state index in [-0.39, 0.29) is 0 Å². The van der Waals surface area contributed by atoms with Gasteiger partial charge < -0.3 is 4.90 Å². The second kappa shape index (κ2) is 5.34. The zero-order chi connectivity index (χ0) is 12.2. The van der Waals surface area contributed by atoms with Crippen molar-refractivity contribution < 1.29 is 13.2 Å². The Morgan fingerprint density at radius 3 is 2.75 bits per heavy atom. The molecule has 0 saturated heterocycles. The normalized spacial score (nSPS) is 11.5. The third-order valence-corrected chi connectivity index (χ3v) is 3.16. The summed E-state index contributed by atoms with van der Waals surface area (Å²) in [6, 6.07) is 0. The number of hydrogen-bond donors (Lipinski definition) is 0. The lowest BCUT2D eigenvalue weighted by Crippen LogP contribution is -2.17. The third kappa shape index (κ3) is 3.52. The van der Waals surface area contributed by atoms with Gasteiger partial charge in [-0.05, 0) is 12.8 Å². The monoisotopic (exact) mass is 250 g/mol. The highest BCUT2D eigenvalue weighted by atomic mass is 32.1. The number of allylic oxidation sites excluding steroid dienone is 1. The van der Waals surface area contributed by atoms with E-state index < -0.39 is 11.1 Å². The molecule has 0 amide bonds. The Morgan fingerprint density at radius 1 is 1.56 bits per heavy atom. The van der Waals surface area contributed by atoms with E-state index >= 15 is 0 Å². The molecule has 0 aliphatic carbocycles. The molecule has 0 aromatic carbocycles. The topological polar surface area (TPSA) is 16.1 Å². The average Bonchev–Trinajstić information content (AvgIpc) is 2.66. The molecular formula is C10H13F3N2S. The zero-order valence-electron chi connectivity index (χ0n) is 8.92. The number of unbranched alkanes of at least 4 members (excludes halogenated alkanes) is 1. The molecule has 0 atom stereocenters. The maximum Gasteiger partial charge on any atom is 0.427 e. The Kier molecular flexibility index (Phi) is 4.35. The molecule has 0 bridgehead atoms. The first-order valence-corrected chi connectivity index (χ1v) is 5.62. The number of alkyl halides is 3. The number of rotatable bonds is 5. The highest BCUT2D eigenvalue weighted by molar-refractivity contribution is 7.15. The van der Waals surface area contributed by atoms with Crippen molar-refractivity contribution in [3.8, 4) is 0 Å². The summed E-state index contributed by atoms with van der Waals surface area (Å²) in [5.41, 5.74) is 0. The molecule has 90 valence electrons. The van der Waals surface area contributed by atoms with Crippen LogP contribution in [0, 0.1) is 0 Å². The Labute approximate surface area is 96.4 Å². The number of hydrogen-bond acceptors (Lipinski definition) is 3. The van der Waals surface area contributed by atoms with E-state index in [1.807, 2.05) is 0 Å². The molecule has 1 aromatic rings. The van der Waals surface area contributed by atoms with Gasteiger partial charge in [-0.1, -0.05) is 17.4 Å². The largest absolute Gasteiger partial charge is 0.427 e. The van der Waals surface area contributed by atoms with Crippen LogP contribution in [0.4, 0.5) is 18.3 Å². The summed E-state index contributed by atoms with van der Waals surface area (Å²) in [5, 5.41) is 0.399. The van der Waals surface area contributed by atoms with E-state index in [4.69, 9.17) is 0 Å². The lowest BCUT2D eigenvalue weighted by atomic mass is 10.3. The SMILES string of the molecule is C=CCCCN(C)c1ncc(C(F)(F)F)s1. The molecule has 16 heavy (non-hydrogen) atoms. The van der Waals surface area contributed by atoms with Crippen LogP contribution in [-0.2, 0) is 6.18 Å². The van der Waals surface area contributed by atoms with Crippen LogP contribution < -0.4 is 4.90 Å². The summed E-state index contributed by atoms with van der Waals surface area (Å²) in [4.78, 5) is 4.83. The molecule has 1 heterocycles. The second-order valence-corrected chi connectivity index (χ2v) is 4.37. The van der Waals surface area contributed by atoms with Gasteiger partial charge in [0, 0.05) is 13.6 Å². The van der Waals surface area contributed by atoms with E-state index in [9.17, 15) is 13.2 Å². The fourth-order valence-electron chi connectivity index (χ4n) is 1.14. The number of aromatic nitrogens is 1. The number of anilines is 1. The molecule has 1 rings (SSSR count). The summed E-state index contributed by atoms with van der Waals surface area (Å²) in [6.45, 7) is 4.26. The average molecular weight is 250 g/mol. The Hall–Kier alpha value is -1.04. The summed E-state index contributed by atoms with van der Waals surface area (Å²) in [6.07, 6.45) is 0.0848. The molecule has 0 radical (unpaired) electrons. The van der Waals surface area contributed by atoms with E-state index in [2.05, 4.69) is 11.6 Å². The zero-order valence-corrected chi connectivity index (χ0v) is 9.74. The third-order valence-electron chi connectivity index (χ3n) is 2.00. The van der Waals surface area contributed by atoms with E-state index in [0.29, 0.717) is 23.0 Å². The van der Waals surface area contributed by atoms with Crippen LogP contribution in [0.2, 0.25) is 0 Å². The van der Waals surface area contributed by atoms with Crippen LogP contribution in [0.15, 0.2) is 18.9 Å². The summed E-state index contributed by atoms with van der Waals surface area (Å²) < 4.78 is 36.9. The van der Waals surface area contributed by atoms with Crippen molar-refractivity contribution in [1.82, 2.24) is 4.98 Å². The molecule has 0 aliphatic heterocycles. The van der Waals surface area contributed by atoms with Crippen LogP contribution in [-0.4, -0.2) is 18.6 Å². The summed E-state index contributed by atoms with van der Waals surface area (Å²) in [5.74, 6) is 0. The maximum atomic E-state index is 12.3. The van der Waals surface area contributed by atoms with Gasteiger partial charge in [-0.3, -0.25) is 0 Å². The van der Waals surface area contributed by atoms with Crippen molar-refractivity contribution in [2.24, 2.45) is 0 Å². The maximum absolute atomic E-state index is 12.3. The van der Waals surface area contributed by atoms with E-state index in [0.717, 1.165) is 19.0 Å². The molecule has 0 aliphatic rings. The minimum atomic E-state index is -4.29. The first-order chi connectivity index (χ1) is 7.45. The van der Waals surface area contributed by atoms with Gasteiger partial charge in [0.2, 0.25) is 0 Å². The number of thiazole rings is 1. The lowest BCUT2D eigenvalue weighted by molar-refractivity contribution is -0.134. The molecule has 0 N–H and O–H groups in total. The van der Waals surface area contributed by atoms with Gasteiger partial charge in [0.05, 0.1) is 6.20 Å². The molecular weight excluding hydrogens is 237 g/mol. The Morgan fingerprint density at radius 2 is 2.25 bits per heavy atom. The van der Waals surface area contributed by atoms with Crippen molar-refractivity contribution in [3.63, 3.8) is 0 Å². The summed E-state index contributed by atoms with van der Waals surface area (Å²) >= 11 is 0.670. The van der Waals surface area contributed by atoms with Gasteiger partial charge in [0.1, 0.15) is 4.88 Å². The number of nitrogens with zero attached hydrogens (tertiary/aromatic N) is 2. The Bertz CT molecular complexity index is 346. The summed E-state index contributed by atoms with van der Waals surface area (Å²) in [7, 11) is 1.74. The van der Waals surface area contributed by atoms with Gasteiger partial charge in [0.15, 0.2) is 5.13 Å². The van der Waals surface area contributed by atoms with Crippen LogP contribution in [0.1, 0.15) is 17.7 Å². The second-order valence-electron chi connectivity index (χ2n) is 3.36. The molecule has 6 heteroatoms. The van der Waals surface area contributed by atoms with Gasteiger partial charge in [-0.25, -0.2) is 4.98 Å². The lowest BCUT2D eigenvalue weighted by Gasteiger charge is -2.14. The fraction of sp³-hybridized carbons (Fsp3) is 0.500. The van der Waals surface area contributed by atoms with Gasteiger partial charge in [0.25, 0.3) is 0 Å². The standard InChI is InChI=1S/C10H13F3N2S/c1-3-4-5-6-15(2)9-14-7-8(16-9)10(11,12)13/h3,7H,1,4-6H2,2H3. The quantitative estimate of drug-likeness (QED) is 0.586. The highest BCUT2D eigenvalue weighted by Gasteiger charge is 2.33. The van der Waals surface area contributed by atoms with Crippen molar-refractivity contribution in [2.45, 2.75) is 19.0 Å². The highest BCUT2D eigenvalue weighted by Crippen LogP contribution is 2.35. The Balaban J connectivity index is 2.60. The molecule has 0 spiro atoms. The van der Waals surface area contributed by atoms with Crippen molar-refractivity contribution >= 4 is 16.5 Å². The van der Waals surface area contributed by atoms with Gasteiger partial charge >= 0.3 is 6.18 Å². The first kappa shape index (κ1) is 13.0. The molecule has 0 unspecified atom stereocenters. The predicted octanol–water partition coefficient (Wildman–Crippen LogP) is 3.56. The van der Waals surface area contributed by atoms with Gasteiger partial charge in [-0.2, -0.15) is 13.2 Å². The predicted molar refractivity (Wildman–Crippen MR) is 59.8 cm³/mol. The smallest absolute Gasteiger partial charge is 0.351 e. The van der Waals surface area contributed by atoms with Crippen molar-refractivity contribution in [2.75, 3.05) is 18.5 Å². The van der Waals surface area contributed by atoms with Crippen LogP contribution in [0.3, 0.4) is 0 Å². The van der Waals surface area contributed by atoms with Gasteiger partial charge in [-0.15, -0.1) is 6.58 Å². The van der Waals surface area contributed by atoms with Crippen LogP contribution in [0.25, 0.3) is 0 Å². The van der Waals surface area contributed by atoms with Crippen molar-refractivity contribution in [1.29, 1.82) is 0 Å². The number of halogens is 3. The van der Waals surface area contributed by atoms with E-state index in [1.165, 1.54) is 0 Å². The van der Waals surface area contributed by atoms with Crippen molar-refractivity contribution in [3.05, 3.63) is 23.7 Å². The minimum absolute atomic E-state index is 0.399. The van der Waals surface area contributed by atoms with Crippen LogP contribution in [0.5, 0.6) is 0 Å². The molecule has 0 saturated carbocycles. The first-order valence-electron chi connectivity index (χ1n) is 4.80. The molecule has 2 nitrogen and oxygen atoms in total. The molecule has 1 aromatic heterocycles. The van der Waals surface area contributed by atoms with E-state index in [1.54, 1.807) is 18.0 Å². The fourth-order valence-corrected chi connectivity index (χ4v) is 1.91. The molecule has 0 fully saturated rings. The van der Waals surface area contributed by atoms with Crippen LogP contribution >= 0.6 is 11.3 Å². The minimum Gasteiger partial charge on any atom is -0.351 e.